The third-order valence-electron chi connectivity index (χ3n) is 17.0. The summed E-state index contributed by atoms with van der Waals surface area (Å²) in [5.41, 5.74) is 0. The second-order valence-corrected chi connectivity index (χ2v) is 25.6. The van der Waals surface area contributed by atoms with Gasteiger partial charge in [-0.1, -0.05) is 321 Å². The number of ether oxygens (including phenoxy) is 3. The maximum Gasteiger partial charge on any atom is 0.306 e. The molecule has 1 aliphatic heterocycles. The molecule has 0 radical (unpaired) electrons. The zero-order valence-electron chi connectivity index (χ0n) is 59.8. The summed E-state index contributed by atoms with van der Waals surface area (Å²) in [5.74, 6) is -1.21. The molecule has 1 fully saturated rings. The van der Waals surface area contributed by atoms with Crippen LogP contribution in [0.5, 0.6) is 0 Å². The van der Waals surface area contributed by atoms with Crippen molar-refractivity contribution in [2.45, 2.75) is 352 Å². The summed E-state index contributed by atoms with van der Waals surface area (Å²) < 4.78 is 17.7. The van der Waals surface area contributed by atoms with E-state index in [9.17, 15) is 35.1 Å². The van der Waals surface area contributed by atoms with Gasteiger partial charge in [-0.2, -0.15) is 0 Å². The summed E-state index contributed by atoms with van der Waals surface area (Å²) in [7, 11) is 0. The summed E-state index contributed by atoms with van der Waals surface area (Å²) >= 11 is 0. The fourth-order valence-electron chi connectivity index (χ4n) is 11.1. The minimum absolute atomic E-state index is 0.106. The highest BCUT2D eigenvalue weighted by atomic mass is 16.7. The Bertz CT molecular complexity index is 2100. The van der Waals surface area contributed by atoms with Gasteiger partial charge in [-0.25, -0.2) is 0 Å². The third kappa shape index (κ3) is 54.6. The van der Waals surface area contributed by atoms with Crippen LogP contribution in [0.1, 0.15) is 303 Å². The number of unbranched alkanes of at least 4 members (excludes halogenated alkanes) is 28. The molecule has 0 aliphatic carbocycles. The van der Waals surface area contributed by atoms with E-state index in [1.165, 1.54) is 109 Å². The predicted molar refractivity (Wildman–Crippen MR) is 397 cm³/mol. The molecule has 6 N–H and O–H groups in total. The summed E-state index contributed by atoms with van der Waals surface area (Å²) in [6.07, 6.45) is 88.8. The molecule has 8 atom stereocenters. The molecule has 1 saturated heterocycles. The Morgan fingerprint density at radius 3 is 1.15 bits per heavy atom. The van der Waals surface area contributed by atoms with Crippen LogP contribution in [0.25, 0.3) is 0 Å². The van der Waals surface area contributed by atoms with E-state index >= 15 is 0 Å². The van der Waals surface area contributed by atoms with Gasteiger partial charge in [0.2, 0.25) is 5.91 Å². The monoisotopic (exact) mass is 1310 g/mol. The number of aliphatic hydroxyl groups is 5. The molecule has 11 nitrogen and oxygen atoms in total. The van der Waals surface area contributed by atoms with E-state index in [0.29, 0.717) is 12.8 Å². The second kappa shape index (κ2) is 68.5. The van der Waals surface area contributed by atoms with Gasteiger partial charge in [0.05, 0.1) is 25.4 Å². The first-order valence-electron chi connectivity index (χ1n) is 38.1. The normalized spacial score (nSPS) is 18.7. The lowest BCUT2D eigenvalue weighted by Gasteiger charge is -2.41. The topological polar surface area (TPSA) is 175 Å². The molecule has 0 bridgehead atoms. The van der Waals surface area contributed by atoms with Crippen LogP contribution in [0.4, 0.5) is 0 Å². The zero-order chi connectivity index (χ0) is 68.1. The number of allylic oxidation sites excluding steroid dienone is 23. The van der Waals surface area contributed by atoms with Gasteiger partial charge < -0.3 is 45.1 Å². The van der Waals surface area contributed by atoms with Gasteiger partial charge in [0.25, 0.3) is 0 Å². The van der Waals surface area contributed by atoms with Crippen LogP contribution in [-0.4, -0.2) is 99.6 Å². The number of aliphatic hydroxyl groups excluding tert-OH is 5. The standard InChI is InChI=1S/C83H139NO10/c1-4-7-10-13-16-19-22-25-27-29-31-33-35-37-39-41-43-45-47-49-51-53-56-59-62-65-68-71-78(88)94-81-80(90)79(89)77(72-85)93-83(81)92-73-74(75(86)69-66-63-60-57-54-24-21-18-15-12-9-6-3)84-82(91)76(87)70-67-64-61-58-55-52-50-48-46-44-42-40-38-36-34-32-30-28-26-23-20-17-14-11-8-5-2/h7-8,10-11,16-17,19-20,25-28,31-34,37-40,43,45,66,69,74-77,79-81,83,85-87,89-90H,4-6,9,12-15,18,21-24,29-30,35-36,41-42,44,46-65,67-68,70-73H2,1-3H3,(H,84,91)/b10-7-,11-8-,19-16-,20-17-,27-25-,28-26-,33-31-,34-32-,39-37-,40-38-,45-43-,69-66+. The van der Waals surface area contributed by atoms with Crippen molar-refractivity contribution in [3.63, 3.8) is 0 Å². The number of amides is 1. The van der Waals surface area contributed by atoms with E-state index in [0.717, 1.165) is 148 Å². The lowest BCUT2D eigenvalue weighted by Crippen LogP contribution is -2.61. The molecule has 1 heterocycles. The van der Waals surface area contributed by atoms with Gasteiger partial charge in [0.15, 0.2) is 12.4 Å². The number of rotatable bonds is 64. The molecule has 0 saturated carbocycles. The molecule has 0 spiro atoms. The molecule has 0 aromatic rings. The van der Waals surface area contributed by atoms with E-state index in [4.69, 9.17) is 14.2 Å². The maximum absolute atomic E-state index is 13.5. The highest BCUT2D eigenvalue weighted by Gasteiger charge is 2.47. The van der Waals surface area contributed by atoms with Crippen LogP contribution in [0.15, 0.2) is 146 Å². The van der Waals surface area contributed by atoms with Crippen LogP contribution in [0, 0.1) is 0 Å². The lowest BCUT2D eigenvalue weighted by molar-refractivity contribution is -0.305. The summed E-state index contributed by atoms with van der Waals surface area (Å²) in [6.45, 7) is 5.58. The minimum Gasteiger partial charge on any atom is -0.454 e. The maximum atomic E-state index is 13.5. The van der Waals surface area contributed by atoms with Crippen LogP contribution in [0.2, 0.25) is 0 Å². The zero-order valence-corrected chi connectivity index (χ0v) is 59.8. The molecule has 536 valence electrons. The van der Waals surface area contributed by atoms with Gasteiger partial charge in [0.1, 0.15) is 24.4 Å². The van der Waals surface area contributed by atoms with Crippen molar-refractivity contribution in [3.05, 3.63) is 146 Å². The Kier molecular flexibility index (Phi) is 63.8. The Morgan fingerprint density at radius 1 is 0.426 bits per heavy atom. The Hall–Kier alpha value is -4.46. The molecule has 0 aromatic carbocycles. The molecule has 1 rings (SSSR count). The van der Waals surface area contributed by atoms with Crippen molar-refractivity contribution in [1.82, 2.24) is 5.32 Å². The summed E-state index contributed by atoms with van der Waals surface area (Å²) in [4.78, 5) is 26.8. The SMILES string of the molecule is CC/C=C\C/C=C\C/C=C\C/C=C\C/C=C\C/C=C\CCCCCCCCCCC(=O)OC1C(OCC(NC(=O)C(O)CCCCCCCCCCCC/C=C\C/C=C\C/C=C\C/C=C\C/C=C\CC)C(O)/C=C/CCCCCCCCCCCC)OC(CO)C(O)C1O. The van der Waals surface area contributed by atoms with Gasteiger partial charge in [-0.05, 0) is 122 Å². The number of nitrogens with one attached hydrogen (secondary N) is 1. The number of hydrogen-bond acceptors (Lipinski definition) is 10. The fourth-order valence-corrected chi connectivity index (χ4v) is 11.1. The predicted octanol–water partition coefficient (Wildman–Crippen LogP) is 20.5. The van der Waals surface area contributed by atoms with Crippen molar-refractivity contribution in [1.29, 1.82) is 0 Å². The minimum atomic E-state index is -1.63. The van der Waals surface area contributed by atoms with E-state index in [1.54, 1.807) is 6.08 Å². The quantitative estimate of drug-likeness (QED) is 0.0195. The Balaban J connectivity index is 2.54. The number of carbonyl (C=O) groups is 2. The average Bonchev–Trinajstić information content (AvgIpc) is 0.814. The number of esters is 1. The highest BCUT2D eigenvalue weighted by molar-refractivity contribution is 5.80. The smallest absolute Gasteiger partial charge is 0.306 e. The highest BCUT2D eigenvalue weighted by Crippen LogP contribution is 2.26. The van der Waals surface area contributed by atoms with Crippen molar-refractivity contribution >= 4 is 11.9 Å². The van der Waals surface area contributed by atoms with Crippen molar-refractivity contribution in [2.24, 2.45) is 0 Å². The van der Waals surface area contributed by atoms with Gasteiger partial charge in [0, 0.05) is 6.42 Å². The van der Waals surface area contributed by atoms with E-state index < -0.39 is 67.4 Å². The summed E-state index contributed by atoms with van der Waals surface area (Å²) in [6, 6.07) is -1.04. The van der Waals surface area contributed by atoms with E-state index in [2.05, 4.69) is 160 Å². The fraction of sp³-hybridized carbons (Fsp3) is 0.687. The second-order valence-electron chi connectivity index (χ2n) is 25.6. The lowest BCUT2D eigenvalue weighted by atomic mass is 9.99. The first-order valence-corrected chi connectivity index (χ1v) is 38.1. The average molecular weight is 1310 g/mol. The molecule has 1 aliphatic rings. The van der Waals surface area contributed by atoms with Crippen molar-refractivity contribution < 1.29 is 49.3 Å². The van der Waals surface area contributed by atoms with Crippen molar-refractivity contribution in [3.8, 4) is 0 Å². The molecule has 1 amide bonds. The molecule has 11 heteroatoms. The molecule has 8 unspecified atom stereocenters. The number of hydrogen-bond donors (Lipinski definition) is 6. The van der Waals surface area contributed by atoms with Crippen molar-refractivity contribution in [2.75, 3.05) is 13.2 Å². The van der Waals surface area contributed by atoms with Crippen LogP contribution in [0.3, 0.4) is 0 Å². The van der Waals surface area contributed by atoms with Gasteiger partial charge in [-0.15, -0.1) is 0 Å². The first kappa shape index (κ1) is 87.6. The number of carbonyl (C=O) groups excluding carboxylic acids is 2. The Morgan fingerprint density at radius 2 is 0.766 bits per heavy atom. The van der Waals surface area contributed by atoms with Crippen LogP contribution < -0.4 is 5.32 Å². The molecular weight excluding hydrogens is 1170 g/mol. The molecule has 94 heavy (non-hydrogen) atoms. The largest absolute Gasteiger partial charge is 0.454 e. The summed E-state index contributed by atoms with van der Waals surface area (Å²) in [5, 5.41) is 57.4. The van der Waals surface area contributed by atoms with Crippen LogP contribution in [-0.2, 0) is 23.8 Å². The first-order chi connectivity index (χ1) is 46.2. The molecular formula is C83H139NO10. The van der Waals surface area contributed by atoms with Crippen LogP contribution >= 0.6 is 0 Å². The van der Waals surface area contributed by atoms with Gasteiger partial charge in [-0.3, -0.25) is 9.59 Å². The van der Waals surface area contributed by atoms with E-state index in [1.807, 2.05) is 6.08 Å². The third-order valence-corrected chi connectivity index (χ3v) is 17.0. The van der Waals surface area contributed by atoms with Gasteiger partial charge >= 0.3 is 5.97 Å². The molecule has 0 aromatic heterocycles. The Labute approximate surface area is 575 Å². The van der Waals surface area contributed by atoms with E-state index in [-0.39, 0.29) is 19.4 Å².